The molecule has 0 unspecified atom stereocenters. The highest BCUT2D eigenvalue weighted by Gasteiger charge is 2.36. The van der Waals surface area contributed by atoms with Crippen LogP contribution in [0.1, 0.15) is 46.9 Å². The average Bonchev–Trinajstić information content (AvgIpc) is 2.87. The molecule has 1 aliphatic heterocycles. The number of ether oxygens (including phenoxy) is 1. The number of carboxylic acid groups (broad SMARTS) is 1. The summed E-state index contributed by atoms with van der Waals surface area (Å²) in [7, 11) is -4.23. The van der Waals surface area contributed by atoms with Crippen molar-refractivity contribution < 1.29 is 32.6 Å². The van der Waals surface area contributed by atoms with Gasteiger partial charge in [-0.25, -0.2) is 22.5 Å². The molecule has 1 aromatic carbocycles. The van der Waals surface area contributed by atoms with Crippen LogP contribution in [0.4, 0.5) is 5.82 Å². The molecule has 0 saturated carbocycles. The molecule has 0 aliphatic carbocycles. The summed E-state index contributed by atoms with van der Waals surface area (Å²) in [4.78, 5) is 43.0. The maximum absolute atomic E-state index is 13.2. The lowest BCUT2D eigenvalue weighted by atomic mass is 9.95. The molecule has 1 N–H and O–H groups in total. The molecular formula is C25H28N4O7S. The van der Waals surface area contributed by atoms with E-state index in [0.29, 0.717) is 21.4 Å². The quantitative estimate of drug-likeness (QED) is 0.478. The number of anilines is 1. The molecule has 0 spiro atoms. The first-order valence-electron chi connectivity index (χ1n) is 11.7. The van der Waals surface area contributed by atoms with E-state index in [-0.39, 0.29) is 43.7 Å². The van der Waals surface area contributed by atoms with Gasteiger partial charge in [0, 0.05) is 19.0 Å². The molecule has 1 aromatic heterocycles. The van der Waals surface area contributed by atoms with Crippen LogP contribution >= 0.6 is 0 Å². The van der Waals surface area contributed by atoms with Gasteiger partial charge in [-0.3, -0.25) is 9.59 Å². The van der Waals surface area contributed by atoms with Crippen LogP contribution in [0.5, 0.6) is 0 Å². The number of amides is 1. The Bertz CT molecular complexity index is 1310. The van der Waals surface area contributed by atoms with Crippen LogP contribution in [0.15, 0.2) is 36.4 Å². The number of carboxylic acids is 1. The number of carbonyl (C=O) groups is 3. The summed E-state index contributed by atoms with van der Waals surface area (Å²) in [6.07, 6.45) is 0.474. The van der Waals surface area contributed by atoms with Crippen LogP contribution in [-0.2, 0) is 30.1 Å². The fraction of sp³-hybridized carbons (Fsp3) is 0.400. The van der Waals surface area contributed by atoms with E-state index in [1.54, 1.807) is 49.1 Å². The van der Waals surface area contributed by atoms with E-state index in [0.717, 1.165) is 0 Å². The van der Waals surface area contributed by atoms with Crippen LogP contribution < -0.4 is 4.90 Å². The average molecular weight is 529 g/mol. The summed E-state index contributed by atoms with van der Waals surface area (Å²) in [5.74, 6) is -3.62. The molecule has 11 nitrogen and oxygen atoms in total. The number of hydrogen-bond donors (Lipinski definition) is 1. The van der Waals surface area contributed by atoms with E-state index in [2.05, 4.69) is 4.98 Å². The highest BCUT2D eigenvalue weighted by Crippen LogP contribution is 2.28. The van der Waals surface area contributed by atoms with E-state index in [1.807, 2.05) is 6.07 Å². The zero-order valence-corrected chi connectivity index (χ0v) is 21.4. The van der Waals surface area contributed by atoms with Gasteiger partial charge in [-0.1, -0.05) is 30.3 Å². The van der Waals surface area contributed by atoms with E-state index in [4.69, 9.17) is 4.74 Å². The number of nitrogens with zero attached hydrogens (tertiary/aromatic N) is 4. The van der Waals surface area contributed by atoms with Crippen molar-refractivity contribution >= 4 is 33.7 Å². The molecule has 196 valence electrons. The summed E-state index contributed by atoms with van der Waals surface area (Å²) < 4.78 is 31.5. The van der Waals surface area contributed by atoms with Gasteiger partial charge in [0.25, 0.3) is 0 Å². The summed E-state index contributed by atoms with van der Waals surface area (Å²) >= 11 is 0. The molecule has 2 aromatic rings. The summed E-state index contributed by atoms with van der Waals surface area (Å²) in [6, 6.07) is 11.7. The van der Waals surface area contributed by atoms with Crippen LogP contribution in [0, 0.1) is 24.2 Å². The standard InChI is InChI=1S/C25H28N4O7S/c1-3-36-25(33)21-13-20(14-26)23(27-17(21)2)28-11-9-19(10-12-28)24(32)29(15-22(30)31)37(34,35)16-18-7-5-4-6-8-18/h4-8,13,19H,3,9-12,15-16H2,1-2H3,(H,30,31). The lowest BCUT2D eigenvalue weighted by Crippen LogP contribution is -2.47. The first-order valence-corrected chi connectivity index (χ1v) is 13.3. The van der Waals surface area contributed by atoms with Crippen LogP contribution in [0.25, 0.3) is 0 Å². The Morgan fingerprint density at radius 2 is 1.86 bits per heavy atom. The predicted octanol–water partition coefficient (Wildman–Crippen LogP) is 2.10. The Morgan fingerprint density at radius 3 is 2.43 bits per heavy atom. The van der Waals surface area contributed by atoms with Gasteiger partial charge < -0.3 is 14.7 Å². The fourth-order valence-corrected chi connectivity index (χ4v) is 5.67. The fourth-order valence-electron chi connectivity index (χ4n) is 4.17. The minimum absolute atomic E-state index is 0.177. The van der Waals surface area contributed by atoms with Gasteiger partial charge in [0.1, 0.15) is 18.4 Å². The normalized spacial score (nSPS) is 14.0. The minimum Gasteiger partial charge on any atom is -0.480 e. The van der Waals surface area contributed by atoms with E-state index >= 15 is 0 Å². The Labute approximate surface area is 215 Å². The van der Waals surface area contributed by atoms with Crippen LogP contribution in [0.2, 0.25) is 0 Å². The molecule has 0 radical (unpaired) electrons. The van der Waals surface area contributed by atoms with Gasteiger partial charge in [0.05, 0.1) is 29.2 Å². The largest absolute Gasteiger partial charge is 0.480 e. The van der Waals surface area contributed by atoms with Crippen molar-refractivity contribution in [2.45, 2.75) is 32.4 Å². The van der Waals surface area contributed by atoms with E-state index in [9.17, 15) is 33.2 Å². The van der Waals surface area contributed by atoms with Crippen molar-refractivity contribution in [1.29, 1.82) is 5.26 Å². The first kappa shape index (κ1) is 27.6. The highest BCUT2D eigenvalue weighted by atomic mass is 32.2. The second-order valence-electron chi connectivity index (χ2n) is 8.57. The van der Waals surface area contributed by atoms with Crippen molar-refractivity contribution in [2.24, 2.45) is 5.92 Å². The number of carbonyl (C=O) groups excluding carboxylic acids is 2. The molecule has 1 aliphatic rings. The van der Waals surface area contributed by atoms with Gasteiger partial charge in [-0.05, 0) is 38.3 Å². The summed E-state index contributed by atoms with van der Waals surface area (Å²) in [6.45, 7) is 3.11. The minimum atomic E-state index is -4.23. The lowest BCUT2D eigenvalue weighted by molar-refractivity contribution is -0.142. The second-order valence-corrected chi connectivity index (χ2v) is 10.5. The summed E-state index contributed by atoms with van der Waals surface area (Å²) in [5, 5.41) is 18.9. The number of aromatic nitrogens is 1. The predicted molar refractivity (Wildman–Crippen MR) is 133 cm³/mol. The Hall–Kier alpha value is -3.98. The smallest absolute Gasteiger partial charge is 0.340 e. The number of pyridine rings is 1. The van der Waals surface area contributed by atoms with Gasteiger partial charge in [0.15, 0.2) is 0 Å². The second kappa shape index (κ2) is 11.8. The van der Waals surface area contributed by atoms with Gasteiger partial charge >= 0.3 is 11.9 Å². The molecule has 0 bridgehead atoms. The molecular weight excluding hydrogens is 500 g/mol. The van der Waals surface area contributed by atoms with E-state index < -0.39 is 46.1 Å². The van der Waals surface area contributed by atoms with Crippen molar-refractivity contribution in [1.82, 2.24) is 9.29 Å². The molecule has 1 saturated heterocycles. The molecule has 1 amide bonds. The molecule has 1 fully saturated rings. The molecule has 3 rings (SSSR count). The number of esters is 1. The molecule has 12 heteroatoms. The Balaban J connectivity index is 1.77. The van der Waals surface area contributed by atoms with E-state index in [1.165, 1.54) is 6.07 Å². The SMILES string of the molecule is CCOC(=O)c1cc(C#N)c(N2CCC(C(=O)N(CC(=O)O)S(=O)(=O)Cc3ccccc3)CC2)nc1C. The third-order valence-electron chi connectivity index (χ3n) is 6.00. The summed E-state index contributed by atoms with van der Waals surface area (Å²) in [5.41, 5.74) is 1.21. The highest BCUT2D eigenvalue weighted by molar-refractivity contribution is 7.88. The van der Waals surface area contributed by atoms with Crippen molar-refractivity contribution in [3.63, 3.8) is 0 Å². The first-order chi connectivity index (χ1) is 17.6. The number of nitriles is 1. The molecule has 37 heavy (non-hydrogen) atoms. The topological polar surface area (TPSA) is 158 Å². The third-order valence-corrected chi connectivity index (χ3v) is 7.68. The lowest BCUT2D eigenvalue weighted by Gasteiger charge is -2.34. The Kier molecular flexibility index (Phi) is 8.83. The van der Waals surface area contributed by atoms with Gasteiger partial charge in [-0.2, -0.15) is 5.26 Å². The zero-order valence-electron chi connectivity index (χ0n) is 20.6. The number of sulfonamides is 1. The van der Waals surface area contributed by atoms with Crippen molar-refractivity contribution in [2.75, 3.05) is 31.1 Å². The monoisotopic (exact) mass is 528 g/mol. The Morgan fingerprint density at radius 1 is 1.22 bits per heavy atom. The van der Waals surface area contributed by atoms with Crippen LogP contribution in [-0.4, -0.2) is 66.9 Å². The molecule has 2 heterocycles. The number of benzene rings is 1. The van der Waals surface area contributed by atoms with Crippen molar-refractivity contribution in [3.05, 3.63) is 58.8 Å². The zero-order chi connectivity index (χ0) is 27.2. The number of aliphatic carboxylic acids is 1. The number of piperidine rings is 1. The maximum atomic E-state index is 13.2. The number of aryl methyl sites for hydroxylation is 1. The number of rotatable bonds is 9. The third kappa shape index (κ3) is 6.62. The maximum Gasteiger partial charge on any atom is 0.340 e. The van der Waals surface area contributed by atoms with Crippen LogP contribution in [0.3, 0.4) is 0 Å². The van der Waals surface area contributed by atoms with Crippen molar-refractivity contribution in [3.8, 4) is 6.07 Å². The number of hydrogen-bond acceptors (Lipinski definition) is 9. The van der Waals surface area contributed by atoms with Gasteiger partial charge in [0.2, 0.25) is 15.9 Å². The van der Waals surface area contributed by atoms with Gasteiger partial charge in [-0.15, -0.1) is 0 Å². The molecule has 0 atom stereocenters.